The van der Waals surface area contributed by atoms with Gasteiger partial charge in [0.05, 0.1) is 23.6 Å². The zero-order valence-corrected chi connectivity index (χ0v) is 9.87. The van der Waals surface area contributed by atoms with Gasteiger partial charge >= 0.3 is 12.0 Å². The number of hydrogen-bond donors (Lipinski definition) is 3. The molecule has 0 spiro atoms. The molecule has 0 aliphatic heterocycles. The summed E-state index contributed by atoms with van der Waals surface area (Å²) in [6.45, 7) is 0. The number of carbonyl (C=O) groups excluding carboxylic acids is 1. The normalized spacial score (nSPS) is 9.85. The van der Waals surface area contributed by atoms with Gasteiger partial charge in [-0.3, -0.25) is 5.32 Å². The van der Waals surface area contributed by atoms with E-state index in [9.17, 15) is 14.0 Å². The number of hydrogen-bond acceptors (Lipinski definition) is 5. The van der Waals surface area contributed by atoms with Crippen molar-refractivity contribution in [3.63, 3.8) is 0 Å². The molecule has 0 aliphatic carbocycles. The van der Waals surface area contributed by atoms with E-state index in [1.807, 2.05) is 0 Å². The molecule has 0 saturated carbocycles. The summed E-state index contributed by atoms with van der Waals surface area (Å²) in [6.07, 6.45) is 2.61. The summed E-state index contributed by atoms with van der Waals surface area (Å²) in [7, 11) is 0. The fraction of sp³-hybridized carbons (Fsp3) is 0. The average molecular weight is 277 g/mol. The Morgan fingerprint density at radius 3 is 2.65 bits per heavy atom. The second-order valence-electron chi connectivity index (χ2n) is 3.51. The van der Waals surface area contributed by atoms with Crippen LogP contribution < -0.4 is 10.6 Å². The minimum absolute atomic E-state index is 0.0989. The van der Waals surface area contributed by atoms with Crippen LogP contribution in [-0.2, 0) is 0 Å². The first-order chi connectivity index (χ1) is 9.58. The summed E-state index contributed by atoms with van der Waals surface area (Å²) in [5.41, 5.74) is -0.811. The van der Waals surface area contributed by atoms with Gasteiger partial charge in [0.15, 0.2) is 0 Å². The molecule has 1 aromatic carbocycles. The van der Waals surface area contributed by atoms with Crippen LogP contribution in [-0.4, -0.2) is 32.3 Å². The van der Waals surface area contributed by atoms with E-state index in [1.165, 1.54) is 24.5 Å². The maximum absolute atomic E-state index is 13.6. The van der Waals surface area contributed by atoms with E-state index < -0.39 is 23.5 Å². The van der Waals surface area contributed by atoms with Crippen LogP contribution in [0.25, 0.3) is 0 Å². The molecule has 8 nitrogen and oxygen atoms in total. The second kappa shape index (κ2) is 5.69. The highest BCUT2D eigenvalue weighted by Gasteiger charge is 2.16. The second-order valence-corrected chi connectivity index (χ2v) is 3.51. The van der Waals surface area contributed by atoms with E-state index in [2.05, 4.69) is 25.8 Å². The standard InChI is InChI=1S/C11H8FN5O3/c12-7-3-1-2-6(9(18)19)8(7)15-11(20)16-10-13-4-5-14-17-10/h1-5H,(H,18,19)(H2,13,15,16,17,20). The summed E-state index contributed by atoms with van der Waals surface area (Å²) in [5, 5.41) is 20.2. The van der Waals surface area contributed by atoms with E-state index in [1.54, 1.807) is 0 Å². The van der Waals surface area contributed by atoms with Crippen LogP contribution in [0.4, 0.5) is 20.8 Å². The lowest BCUT2D eigenvalue weighted by Gasteiger charge is -2.09. The van der Waals surface area contributed by atoms with Crippen molar-refractivity contribution in [3.8, 4) is 0 Å². The van der Waals surface area contributed by atoms with E-state index >= 15 is 0 Å². The molecular weight excluding hydrogens is 269 g/mol. The number of aromatic nitrogens is 3. The highest BCUT2D eigenvalue weighted by atomic mass is 19.1. The predicted octanol–water partition coefficient (Wildman–Crippen LogP) is 1.35. The number of anilines is 2. The Bertz CT molecular complexity index is 650. The molecule has 9 heteroatoms. The number of nitrogens with zero attached hydrogens (tertiary/aromatic N) is 3. The summed E-state index contributed by atoms with van der Waals surface area (Å²) in [5.74, 6) is -2.33. The number of aromatic carboxylic acids is 1. The number of rotatable bonds is 3. The molecule has 0 bridgehead atoms. The van der Waals surface area contributed by atoms with E-state index in [4.69, 9.17) is 5.11 Å². The Balaban J connectivity index is 2.18. The van der Waals surface area contributed by atoms with Crippen molar-refractivity contribution in [3.05, 3.63) is 42.0 Å². The van der Waals surface area contributed by atoms with Crippen LogP contribution in [0.2, 0.25) is 0 Å². The Morgan fingerprint density at radius 1 is 1.20 bits per heavy atom. The smallest absolute Gasteiger partial charge is 0.337 e. The van der Waals surface area contributed by atoms with Gasteiger partial charge < -0.3 is 10.4 Å². The van der Waals surface area contributed by atoms with Crippen molar-refractivity contribution in [1.82, 2.24) is 15.2 Å². The topological polar surface area (TPSA) is 117 Å². The fourth-order valence-electron chi connectivity index (χ4n) is 1.38. The third-order valence-electron chi connectivity index (χ3n) is 2.19. The summed E-state index contributed by atoms with van der Waals surface area (Å²) >= 11 is 0. The lowest BCUT2D eigenvalue weighted by atomic mass is 10.1. The van der Waals surface area contributed by atoms with Gasteiger partial charge in [0.2, 0.25) is 0 Å². The van der Waals surface area contributed by atoms with Gasteiger partial charge in [0, 0.05) is 0 Å². The van der Waals surface area contributed by atoms with Crippen molar-refractivity contribution in [1.29, 1.82) is 0 Å². The highest BCUT2D eigenvalue weighted by molar-refractivity contribution is 6.04. The number of carbonyl (C=O) groups is 2. The maximum atomic E-state index is 13.6. The molecule has 1 heterocycles. The number of urea groups is 1. The lowest BCUT2D eigenvalue weighted by molar-refractivity contribution is 0.0697. The van der Waals surface area contributed by atoms with Gasteiger partial charge in [0.25, 0.3) is 5.95 Å². The molecule has 20 heavy (non-hydrogen) atoms. The first kappa shape index (κ1) is 13.3. The molecule has 2 amide bonds. The number of para-hydroxylation sites is 1. The number of amides is 2. The Labute approximate surface area is 111 Å². The van der Waals surface area contributed by atoms with Gasteiger partial charge in [-0.05, 0) is 12.1 Å². The molecule has 0 unspecified atom stereocenters. The van der Waals surface area contributed by atoms with Crippen LogP contribution in [0.3, 0.4) is 0 Å². The van der Waals surface area contributed by atoms with Crippen molar-refractivity contribution in [2.24, 2.45) is 0 Å². The minimum atomic E-state index is -1.36. The molecule has 102 valence electrons. The summed E-state index contributed by atoms with van der Waals surface area (Å²) in [6, 6.07) is 2.54. The van der Waals surface area contributed by atoms with Crippen LogP contribution >= 0.6 is 0 Å². The Hall–Kier alpha value is -3.10. The predicted molar refractivity (Wildman–Crippen MR) is 65.8 cm³/mol. The van der Waals surface area contributed by atoms with Crippen LogP contribution in [0.1, 0.15) is 10.4 Å². The number of benzene rings is 1. The highest BCUT2D eigenvalue weighted by Crippen LogP contribution is 2.19. The number of carboxylic acid groups (broad SMARTS) is 1. The SMILES string of the molecule is O=C(Nc1nccnn1)Nc1c(F)cccc1C(=O)O. The maximum Gasteiger partial charge on any atom is 0.337 e. The first-order valence-electron chi connectivity index (χ1n) is 5.31. The minimum Gasteiger partial charge on any atom is -0.478 e. The molecule has 1 aromatic heterocycles. The number of nitrogens with one attached hydrogen (secondary N) is 2. The molecule has 0 aliphatic rings. The number of halogens is 1. The Kier molecular flexibility index (Phi) is 3.80. The molecule has 0 atom stereocenters. The largest absolute Gasteiger partial charge is 0.478 e. The zero-order chi connectivity index (χ0) is 14.5. The van der Waals surface area contributed by atoms with Gasteiger partial charge in [-0.25, -0.2) is 19.0 Å². The van der Waals surface area contributed by atoms with Gasteiger partial charge in [0.1, 0.15) is 5.82 Å². The van der Waals surface area contributed by atoms with Crippen molar-refractivity contribution in [2.75, 3.05) is 10.6 Å². The van der Waals surface area contributed by atoms with Crippen LogP contribution in [0, 0.1) is 5.82 Å². The van der Waals surface area contributed by atoms with Crippen LogP contribution in [0.15, 0.2) is 30.6 Å². The molecular formula is C11H8FN5O3. The van der Waals surface area contributed by atoms with Crippen molar-refractivity contribution < 1.29 is 19.1 Å². The quantitative estimate of drug-likeness (QED) is 0.779. The van der Waals surface area contributed by atoms with Gasteiger partial charge in [-0.1, -0.05) is 6.07 Å². The summed E-state index contributed by atoms with van der Waals surface area (Å²) in [4.78, 5) is 26.2. The lowest BCUT2D eigenvalue weighted by Crippen LogP contribution is -2.23. The summed E-state index contributed by atoms with van der Waals surface area (Å²) < 4.78 is 13.6. The average Bonchev–Trinajstić information content (AvgIpc) is 2.42. The van der Waals surface area contributed by atoms with Crippen molar-refractivity contribution >= 4 is 23.6 Å². The molecule has 0 fully saturated rings. The zero-order valence-electron chi connectivity index (χ0n) is 9.87. The molecule has 2 aromatic rings. The fourth-order valence-corrected chi connectivity index (χ4v) is 1.38. The molecule has 2 rings (SSSR count). The molecule has 0 saturated heterocycles. The van der Waals surface area contributed by atoms with Crippen LogP contribution in [0.5, 0.6) is 0 Å². The monoisotopic (exact) mass is 277 g/mol. The van der Waals surface area contributed by atoms with E-state index in [0.29, 0.717) is 0 Å². The third kappa shape index (κ3) is 3.02. The van der Waals surface area contributed by atoms with Gasteiger partial charge in [-0.15, -0.1) is 5.10 Å². The van der Waals surface area contributed by atoms with Crippen molar-refractivity contribution in [2.45, 2.75) is 0 Å². The number of carboxylic acids is 1. The first-order valence-corrected chi connectivity index (χ1v) is 5.31. The van der Waals surface area contributed by atoms with E-state index in [-0.39, 0.29) is 11.5 Å². The van der Waals surface area contributed by atoms with Gasteiger partial charge in [-0.2, -0.15) is 5.10 Å². The third-order valence-corrected chi connectivity index (χ3v) is 2.19. The Morgan fingerprint density at radius 2 is 2.00 bits per heavy atom. The molecule has 0 radical (unpaired) electrons. The molecule has 3 N–H and O–H groups in total. The van der Waals surface area contributed by atoms with E-state index in [0.717, 1.165) is 6.07 Å².